The van der Waals surface area contributed by atoms with Crippen LogP contribution in [0, 0.1) is 0 Å². The minimum atomic E-state index is -4.42. The number of unbranched alkanes of at least 4 members (excludes halogenated alkanes) is 1. The fourth-order valence-electron chi connectivity index (χ4n) is 3.81. The summed E-state index contributed by atoms with van der Waals surface area (Å²) in [7, 11) is 0. The predicted octanol–water partition coefficient (Wildman–Crippen LogP) is 4.20. The van der Waals surface area contributed by atoms with E-state index >= 15 is 0 Å². The van der Waals surface area contributed by atoms with Crippen LogP contribution in [0.2, 0.25) is 0 Å². The number of amides is 3. The molecule has 1 aromatic rings. The molecule has 0 saturated carbocycles. The molecule has 2 aliphatic rings. The van der Waals surface area contributed by atoms with Gasteiger partial charge in [-0.3, -0.25) is 4.79 Å². The number of hydrogen-bond donors (Lipinski definition) is 1. The van der Waals surface area contributed by atoms with E-state index in [9.17, 15) is 22.8 Å². The summed E-state index contributed by atoms with van der Waals surface area (Å²) in [6.07, 6.45) is -1.15. The smallest absolute Gasteiger partial charge is 0.338 e. The van der Waals surface area contributed by atoms with Crippen LogP contribution < -0.4 is 5.32 Å². The number of halogens is 3. The summed E-state index contributed by atoms with van der Waals surface area (Å²) in [5.41, 5.74) is -0.499. The number of carbonyl (C=O) groups excluding carboxylic acids is 2. The van der Waals surface area contributed by atoms with Crippen molar-refractivity contribution >= 4 is 23.7 Å². The molecule has 3 rings (SSSR count). The quantitative estimate of drug-likeness (QED) is 0.730. The third-order valence-corrected chi connectivity index (χ3v) is 7.07. The molecule has 0 atom stereocenters. The van der Waals surface area contributed by atoms with Gasteiger partial charge < -0.3 is 15.1 Å². The van der Waals surface area contributed by atoms with Crippen LogP contribution in [-0.2, 0) is 6.18 Å². The Morgan fingerprint density at radius 1 is 1.14 bits per heavy atom. The van der Waals surface area contributed by atoms with E-state index in [1.807, 2.05) is 0 Å². The predicted molar refractivity (Wildman–Crippen MR) is 107 cm³/mol. The van der Waals surface area contributed by atoms with Crippen molar-refractivity contribution in [3.63, 3.8) is 0 Å². The summed E-state index contributed by atoms with van der Waals surface area (Å²) in [6, 6.07) is 4.33. The summed E-state index contributed by atoms with van der Waals surface area (Å²) in [5.74, 6) is 0.541. The molecule has 5 nitrogen and oxygen atoms in total. The number of thioether (sulfide) groups is 1. The molecule has 2 fully saturated rings. The van der Waals surface area contributed by atoms with Gasteiger partial charge in [-0.15, -0.1) is 11.8 Å². The third-order valence-electron chi connectivity index (χ3n) is 5.52. The molecule has 0 radical (unpaired) electrons. The van der Waals surface area contributed by atoms with Gasteiger partial charge in [-0.1, -0.05) is 13.3 Å². The molecule has 2 aliphatic heterocycles. The van der Waals surface area contributed by atoms with Gasteiger partial charge in [-0.25, -0.2) is 4.79 Å². The van der Waals surface area contributed by atoms with Crippen molar-refractivity contribution in [2.24, 2.45) is 0 Å². The van der Waals surface area contributed by atoms with Gasteiger partial charge in [-0.2, -0.15) is 13.2 Å². The Morgan fingerprint density at radius 2 is 1.79 bits per heavy atom. The summed E-state index contributed by atoms with van der Waals surface area (Å²) in [5, 5.41) is 2.92. The average Bonchev–Trinajstić information content (AvgIpc) is 3.10. The SMILES string of the molecule is CCCCNC(=O)N1CCC2(CC1)SCCN2C(=O)c1ccc(C(F)(F)F)cc1. The average molecular weight is 430 g/mol. The molecule has 1 aromatic carbocycles. The molecule has 0 unspecified atom stereocenters. The Morgan fingerprint density at radius 3 is 2.38 bits per heavy atom. The van der Waals surface area contributed by atoms with E-state index in [2.05, 4.69) is 12.2 Å². The second kappa shape index (κ2) is 8.85. The number of carbonyl (C=O) groups is 2. The normalized spacial score (nSPS) is 18.9. The number of nitrogens with zero attached hydrogens (tertiary/aromatic N) is 2. The third kappa shape index (κ3) is 4.82. The molecule has 1 N–H and O–H groups in total. The number of rotatable bonds is 4. The van der Waals surface area contributed by atoms with Crippen LogP contribution in [-0.4, -0.2) is 58.5 Å². The molecule has 29 heavy (non-hydrogen) atoms. The standard InChI is InChI=1S/C20H26F3N3O2S/c1-2-3-10-24-18(28)25-11-8-19(9-12-25)26(13-14-29-19)17(27)15-4-6-16(7-5-15)20(21,22)23/h4-7H,2-3,8-14H2,1H3,(H,24,28). The highest BCUT2D eigenvalue weighted by Gasteiger charge is 2.47. The Labute approximate surface area is 173 Å². The maximum atomic E-state index is 13.0. The van der Waals surface area contributed by atoms with Crippen LogP contribution in [0.15, 0.2) is 24.3 Å². The van der Waals surface area contributed by atoms with Gasteiger partial charge in [0.1, 0.15) is 0 Å². The van der Waals surface area contributed by atoms with Crippen molar-refractivity contribution in [3.05, 3.63) is 35.4 Å². The molecule has 2 heterocycles. The lowest BCUT2D eigenvalue weighted by molar-refractivity contribution is -0.137. The van der Waals surface area contributed by atoms with E-state index in [1.165, 1.54) is 12.1 Å². The van der Waals surface area contributed by atoms with E-state index in [1.54, 1.807) is 21.6 Å². The first-order chi connectivity index (χ1) is 13.8. The minimum absolute atomic E-state index is 0.0723. The first-order valence-electron chi connectivity index (χ1n) is 9.93. The first-order valence-corrected chi connectivity index (χ1v) is 10.9. The number of benzene rings is 1. The minimum Gasteiger partial charge on any atom is -0.338 e. The van der Waals surface area contributed by atoms with Gasteiger partial charge in [0, 0.05) is 37.5 Å². The Kier molecular flexibility index (Phi) is 6.65. The second-order valence-corrected chi connectivity index (χ2v) is 8.86. The Bertz CT molecular complexity index is 731. The highest BCUT2D eigenvalue weighted by Crippen LogP contribution is 2.44. The lowest BCUT2D eigenvalue weighted by atomic mass is 10.0. The van der Waals surface area contributed by atoms with Gasteiger partial charge in [0.2, 0.25) is 0 Å². The second-order valence-electron chi connectivity index (χ2n) is 7.40. The van der Waals surface area contributed by atoms with Crippen molar-refractivity contribution < 1.29 is 22.8 Å². The number of likely N-dealkylation sites (tertiary alicyclic amines) is 1. The van der Waals surface area contributed by atoms with E-state index in [0.29, 0.717) is 39.0 Å². The molecule has 1 spiro atoms. The van der Waals surface area contributed by atoms with Gasteiger partial charge in [0.05, 0.1) is 10.4 Å². The van der Waals surface area contributed by atoms with Gasteiger partial charge in [0.25, 0.3) is 5.91 Å². The van der Waals surface area contributed by atoms with E-state index in [4.69, 9.17) is 0 Å². The van der Waals surface area contributed by atoms with E-state index in [-0.39, 0.29) is 22.4 Å². The number of alkyl halides is 3. The van der Waals surface area contributed by atoms with Gasteiger partial charge >= 0.3 is 12.2 Å². The largest absolute Gasteiger partial charge is 0.416 e. The molecule has 0 bridgehead atoms. The van der Waals surface area contributed by atoms with Crippen LogP contribution in [0.4, 0.5) is 18.0 Å². The number of piperidine rings is 1. The van der Waals surface area contributed by atoms with Crippen LogP contribution >= 0.6 is 11.8 Å². The van der Waals surface area contributed by atoms with Crippen molar-refractivity contribution in [2.45, 2.75) is 43.7 Å². The first kappa shape index (κ1) is 21.8. The maximum absolute atomic E-state index is 13.0. The number of nitrogens with one attached hydrogen (secondary N) is 1. The Hall–Kier alpha value is -1.90. The zero-order chi connectivity index (χ0) is 21.1. The van der Waals surface area contributed by atoms with Crippen LogP contribution in [0.25, 0.3) is 0 Å². The van der Waals surface area contributed by atoms with Crippen molar-refractivity contribution in [1.29, 1.82) is 0 Å². The summed E-state index contributed by atoms with van der Waals surface area (Å²) < 4.78 is 38.3. The lowest BCUT2D eigenvalue weighted by Gasteiger charge is -2.44. The van der Waals surface area contributed by atoms with E-state index < -0.39 is 11.7 Å². The van der Waals surface area contributed by atoms with Gasteiger partial charge in [-0.05, 0) is 43.5 Å². The maximum Gasteiger partial charge on any atom is 0.416 e. The molecule has 0 aliphatic carbocycles. The number of urea groups is 1. The summed E-state index contributed by atoms with van der Waals surface area (Å²) >= 11 is 1.71. The molecule has 0 aromatic heterocycles. The Balaban J connectivity index is 1.64. The fraction of sp³-hybridized carbons (Fsp3) is 0.600. The monoisotopic (exact) mass is 429 g/mol. The van der Waals surface area contributed by atoms with Gasteiger partial charge in [0.15, 0.2) is 0 Å². The molecule has 9 heteroatoms. The van der Waals surface area contributed by atoms with Crippen molar-refractivity contribution in [2.75, 3.05) is 31.9 Å². The molecular weight excluding hydrogens is 403 g/mol. The zero-order valence-electron chi connectivity index (χ0n) is 16.4. The summed E-state index contributed by atoms with van der Waals surface area (Å²) in [4.78, 5) is 28.4. The highest BCUT2D eigenvalue weighted by atomic mass is 32.2. The summed E-state index contributed by atoms with van der Waals surface area (Å²) in [6.45, 7) is 4.40. The highest BCUT2D eigenvalue weighted by molar-refractivity contribution is 8.00. The van der Waals surface area contributed by atoms with Crippen molar-refractivity contribution in [3.8, 4) is 0 Å². The van der Waals surface area contributed by atoms with Crippen LogP contribution in [0.1, 0.15) is 48.5 Å². The zero-order valence-corrected chi connectivity index (χ0v) is 17.2. The van der Waals surface area contributed by atoms with Crippen molar-refractivity contribution in [1.82, 2.24) is 15.1 Å². The van der Waals surface area contributed by atoms with Crippen LogP contribution in [0.3, 0.4) is 0 Å². The van der Waals surface area contributed by atoms with Crippen LogP contribution in [0.5, 0.6) is 0 Å². The fourth-order valence-corrected chi connectivity index (χ4v) is 5.27. The molecular formula is C20H26F3N3O2S. The lowest BCUT2D eigenvalue weighted by Crippen LogP contribution is -2.55. The van der Waals surface area contributed by atoms with E-state index in [0.717, 1.165) is 30.7 Å². The molecule has 2 saturated heterocycles. The molecule has 160 valence electrons. The number of hydrogen-bond acceptors (Lipinski definition) is 3. The topological polar surface area (TPSA) is 52.7 Å². The molecule has 3 amide bonds.